The second-order valence-electron chi connectivity index (χ2n) is 5.03. The van der Waals surface area contributed by atoms with Crippen LogP contribution < -0.4 is 5.32 Å². The van der Waals surface area contributed by atoms with Crippen LogP contribution in [0.1, 0.15) is 16.8 Å². The van der Waals surface area contributed by atoms with Gasteiger partial charge in [0.25, 0.3) is 0 Å². The third-order valence-corrected chi connectivity index (χ3v) is 3.49. The normalized spacial score (nSPS) is 11.2. The number of nitrogens with zero attached hydrogens (tertiary/aromatic N) is 3. The van der Waals surface area contributed by atoms with E-state index >= 15 is 0 Å². The van der Waals surface area contributed by atoms with Crippen molar-refractivity contribution in [3.8, 4) is 5.69 Å². The topological polar surface area (TPSA) is 42.7 Å². The molecule has 0 atom stereocenters. The largest absolute Gasteiger partial charge is 0.316 e. The fourth-order valence-electron chi connectivity index (χ4n) is 2.46. The number of pyridine rings is 1. The van der Waals surface area contributed by atoms with Crippen molar-refractivity contribution in [2.75, 3.05) is 7.05 Å². The third-order valence-electron chi connectivity index (χ3n) is 3.49. The van der Waals surface area contributed by atoms with Crippen LogP contribution in [0.2, 0.25) is 0 Å². The van der Waals surface area contributed by atoms with E-state index in [1.165, 1.54) is 11.1 Å². The first-order valence-corrected chi connectivity index (χ1v) is 6.75. The van der Waals surface area contributed by atoms with Gasteiger partial charge in [0.2, 0.25) is 0 Å². The van der Waals surface area contributed by atoms with E-state index in [4.69, 9.17) is 0 Å². The SMILES string of the molecule is CNCc1cnc2c(c1)c(C)nn2-c1ccccc1C. The monoisotopic (exact) mass is 266 g/mol. The Bertz CT molecular complexity index is 758. The van der Waals surface area contributed by atoms with Gasteiger partial charge in [-0.2, -0.15) is 5.10 Å². The lowest BCUT2D eigenvalue weighted by atomic mass is 10.2. The molecule has 0 bridgehead atoms. The summed E-state index contributed by atoms with van der Waals surface area (Å²) in [6, 6.07) is 10.4. The van der Waals surface area contributed by atoms with Crippen LogP contribution in [0, 0.1) is 13.8 Å². The Labute approximate surface area is 118 Å². The molecule has 3 rings (SSSR count). The van der Waals surface area contributed by atoms with Crippen molar-refractivity contribution in [1.82, 2.24) is 20.1 Å². The summed E-state index contributed by atoms with van der Waals surface area (Å²) in [7, 11) is 1.94. The molecule has 2 heterocycles. The second kappa shape index (κ2) is 5.06. The zero-order valence-electron chi connectivity index (χ0n) is 12.0. The Balaban J connectivity index is 2.21. The van der Waals surface area contributed by atoms with Gasteiger partial charge in [-0.25, -0.2) is 9.67 Å². The van der Waals surface area contributed by atoms with Gasteiger partial charge in [-0.15, -0.1) is 0 Å². The molecular weight excluding hydrogens is 248 g/mol. The molecule has 0 saturated heterocycles. The predicted octanol–water partition coefficient (Wildman–Crippen LogP) is 2.76. The number of hydrogen-bond donors (Lipinski definition) is 1. The van der Waals surface area contributed by atoms with E-state index in [0.29, 0.717) is 0 Å². The minimum atomic E-state index is 0.817. The standard InChI is InChI=1S/C16H18N4/c1-11-6-4-5-7-15(11)20-16-14(12(2)19-20)8-13(9-17-3)10-18-16/h4-8,10,17H,9H2,1-3H3. The molecule has 102 valence electrons. The van der Waals surface area contributed by atoms with Crippen molar-refractivity contribution in [3.05, 3.63) is 53.3 Å². The van der Waals surface area contributed by atoms with Crippen molar-refractivity contribution in [3.63, 3.8) is 0 Å². The van der Waals surface area contributed by atoms with E-state index in [2.05, 4.69) is 40.5 Å². The van der Waals surface area contributed by atoms with Crippen molar-refractivity contribution < 1.29 is 0 Å². The molecule has 0 spiro atoms. The Kier molecular flexibility index (Phi) is 3.24. The number of nitrogens with one attached hydrogen (secondary N) is 1. The fourth-order valence-corrected chi connectivity index (χ4v) is 2.46. The van der Waals surface area contributed by atoms with Crippen molar-refractivity contribution in [2.45, 2.75) is 20.4 Å². The van der Waals surface area contributed by atoms with Crippen LogP contribution in [-0.4, -0.2) is 21.8 Å². The molecule has 0 saturated carbocycles. The van der Waals surface area contributed by atoms with E-state index in [0.717, 1.165) is 29.0 Å². The van der Waals surface area contributed by atoms with Crippen LogP contribution in [0.5, 0.6) is 0 Å². The third kappa shape index (κ3) is 2.08. The summed E-state index contributed by atoms with van der Waals surface area (Å²) in [4.78, 5) is 4.60. The molecule has 0 radical (unpaired) electrons. The van der Waals surface area contributed by atoms with Gasteiger partial charge in [-0.05, 0) is 44.2 Å². The maximum absolute atomic E-state index is 4.66. The number of para-hydroxylation sites is 1. The van der Waals surface area contributed by atoms with E-state index in [9.17, 15) is 0 Å². The quantitative estimate of drug-likeness (QED) is 0.792. The summed E-state index contributed by atoms with van der Waals surface area (Å²) >= 11 is 0. The average molecular weight is 266 g/mol. The summed E-state index contributed by atoms with van der Waals surface area (Å²) in [6.07, 6.45) is 1.91. The van der Waals surface area contributed by atoms with Crippen molar-refractivity contribution in [2.24, 2.45) is 0 Å². The Morgan fingerprint density at radius 1 is 1.20 bits per heavy atom. The molecule has 0 fully saturated rings. The van der Waals surface area contributed by atoms with Gasteiger partial charge in [0.15, 0.2) is 5.65 Å². The molecule has 0 aliphatic heterocycles. The van der Waals surface area contributed by atoms with Gasteiger partial charge >= 0.3 is 0 Å². The Morgan fingerprint density at radius 2 is 2.00 bits per heavy atom. The van der Waals surface area contributed by atoms with Crippen molar-refractivity contribution >= 4 is 11.0 Å². The van der Waals surface area contributed by atoms with E-state index in [1.54, 1.807) is 0 Å². The first kappa shape index (κ1) is 12.8. The molecule has 1 aromatic carbocycles. The minimum Gasteiger partial charge on any atom is -0.316 e. The predicted molar refractivity (Wildman–Crippen MR) is 81.1 cm³/mol. The average Bonchev–Trinajstić information content (AvgIpc) is 2.77. The van der Waals surface area contributed by atoms with E-state index in [-0.39, 0.29) is 0 Å². The summed E-state index contributed by atoms with van der Waals surface area (Å²) in [5.74, 6) is 0. The molecule has 3 aromatic rings. The van der Waals surface area contributed by atoms with Crippen LogP contribution >= 0.6 is 0 Å². The van der Waals surface area contributed by atoms with E-state index in [1.807, 2.05) is 37.0 Å². The van der Waals surface area contributed by atoms with Crippen LogP contribution in [-0.2, 0) is 6.54 Å². The van der Waals surface area contributed by atoms with Gasteiger partial charge in [0.05, 0.1) is 11.4 Å². The lowest BCUT2D eigenvalue weighted by Gasteiger charge is -2.06. The highest BCUT2D eigenvalue weighted by molar-refractivity contribution is 5.80. The van der Waals surface area contributed by atoms with E-state index < -0.39 is 0 Å². The number of fused-ring (bicyclic) bond motifs is 1. The van der Waals surface area contributed by atoms with Crippen molar-refractivity contribution in [1.29, 1.82) is 0 Å². The zero-order valence-corrected chi connectivity index (χ0v) is 12.0. The maximum Gasteiger partial charge on any atom is 0.163 e. The summed E-state index contributed by atoms with van der Waals surface area (Å²) in [5, 5.41) is 8.92. The number of hydrogen-bond acceptors (Lipinski definition) is 3. The minimum absolute atomic E-state index is 0.817. The molecule has 20 heavy (non-hydrogen) atoms. The summed E-state index contributed by atoms with van der Waals surface area (Å²) in [6.45, 7) is 4.94. The summed E-state index contributed by atoms with van der Waals surface area (Å²) in [5.41, 5.74) is 5.37. The second-order valence-corrected chi connectivity index (χ2v) is 5.03. The highest BCUT2D eigenvalue weighted by Gasteiger charge is 2.12. The first-order chi connectivity index (χ1) is 9.70. The lowest BCUT2D eigenvalue weighted by Crippen LogP contribution is -2.05. The van der Waals surface area contributed by atoms with Gasteiger partial charge in [-0.3, -0.25) is 0 Å². The molecule has 0 aliphatic rings. The maximum atomic E-state index is 4.66. The molecule has 0 aliphatic carbocycles. The highest BCUT2D eigenvalue weighted by Crippen LogP contribution is 2.22. The van der Waals surface area contributed by atoms with Gasteiger partial charge in [0.1, 0.15) is 0 Å². The number of aromatic nitrogens is 3. The molecule has 0 unspecified atom stereocenters. The molecule has 4 heteroatoms. The van der Waals surface area contributed by atoms with Crippen LogP contribution in [0.4, 0.5) is 0 Å². The van der Waals surface area contributed by atoms with Gasteiger partial charge in [-0.1, -0.05) is 18.2 Å². The number of aryl methyl sites for hydroxylation is 2. The smallest absolute Gasteiger partial charge is 0.163 e. The van der Waals surface area contributed by atoms with Crippen LogP contribution in [0.15, 0.2) is 36.5 Å². The molecule has 1 N–H and O–H groups in total. The first-order valence-electron chi connectivity index (χ1n) is 6.75. The fraction of sp³-hybridized carbons (Fsp3) is 0.250. The van der Waals surface area contributed by atoms with Gasteiger partial charge in [0, 0.05) is 18.1 Å². The number of benzene rings is 1. The molecular formula is C16H18N4. The van der Waals surface area contributed by atoms with Gasteiger partial charge < -0.3 is 5.32 Å². The molecule has 4 nitrogen and oxygen atoms in total. The highest BCUT2D eigenvalue weighted by atomic mass is 15.3. The lowest BCUT2D eigenvalue weighted by molar-refractivity contribution is 0.814. The molecule has 2 aromatic heterocycles. The zero-order chi connectivity index (χ0) is 14.1. The van der Waals surface area contributed by atoms with Crippen LogP contribution in [0.3, 0.4) is 0 Å². The Hall–Kier alpha value is -2.20. The molecule has 0 amide bonds. The Morgan fingerprint density at radius 3 is 2.75 bits per heavy atom. The summed E-state index contributed by atoms with van der Waals surface area (Å²) < 4.78 is 1.93. The van der Waals surface area contributed by atoms with Crippen LogP contribution in [0.25, 0.3) is 16.7 Å². The number of rotatable bonds is 3.